The van der Waals surface area contributed by atoms with Crippen molar-refractivity contribution in [3.63, 3.8) is 0 Å². The molecule has 0 aliphatic heterocycles. The van der Waals surface area contributed by atoms with E-state index >= 15 is 0 Å². The quantitative estimate of drug-likeness (QED) is 0.614. The molecule has 0 saturated heterocycles. The first-order valence-electron chi connectivity index (χ1n) is 5.19. The first kappa shape index (κ1) is 16.0. The van der Waals surface area contributed by atoms with Gasteiger partial charge in [-0.25, -0.2) is 12.8 Å². The third-order valence-electron chi connectivity index (χ3n) is 2.34. The molecule has 1 aromatic rings. The second kappa shape index (κ2) is 5.13. The van der Waals surface area contributed by atoms with E-state index in [1.165, 1.54) is 0 Å². The molecule has 8 nitrogen and oxygen atoms in total. The van der Waals surface area contributed by atoms with Gasteiger partial charge in [0.25, 0.3) is 5.69 Å². The topological polar surface area (TPSA) is 127 Å². The van der Waals surface area contributed by atoms with E-state index in [0.717, 1.165) is 19.9 Å². The van der Waals surface area contributed by atoms with Gasteiger partial charge in [-0.05, 0) is 19.9 Å². The van der Waals surface area contributed by atoms with Crippen LogP contribution in [0.15, 0.2) is 23.1 Å². The molecule has 0 unspecified atom stereocenters. The number of sulfonamides is 1. The average molecular weight is 306 g/mol. The van der Waals surface area contributed by atoms with E-state index < -0.39 is 42.9 Å². The Morgan fingerprint density at radius 3 is 2.45 bits per heavy atom. The number of carbonyl (C=O) groups is 1. The highest BCUT2D eigenvalue weighted by Crippen LogP contribution is 2.22. The minimum Gasteiger partial charge on any atom is -0.480 e. The number of non-ortho nitro benzene ring substituents is 1. The van der Waals surface area contributed by atoms with Crippen LogP contribution in [0.2, 0.25) is 0 Å². The van der Waals surface area contributed by atoms with Crippen molar-refractivity contribution >= 4 is 21.7 Å². The highest BCUT2D eigenvalue weighted by atomic mass is 32.2. The van der Waals surface area contributed by atoms with Gasteiger partial charge in [-0.3, -0.25) is 14.9 Å². The molecule has 0 spiro atoms. The number of nitro groups is 1. The summed E-state index contributed by atoms with van der Waals surface area (Å²) < 4.78 is 39.1. The van der Waals surface area contributed by atoms with E-state index in [0.29, 0.717) is 12.1 Å². The maximum Gasteiger partial charge on any atom is 0.324 e. The smallest absolute Gasteiger partial charge is 0.324 e. The van der Waals surface area contributed by atoms with Crippen molar-refractivity contribution in [3.8, 4) is 0 Å². The van der Waals surface area contributed by atoms with Crippen LogP contribution >= 0.6 is 0 Å². The lowest BCUT2D eigenvalue weighted by atomic mass is 10.1. The van der Waals surface area contributed by atoms with Gasteiger partial charge in [-0.15, -0.1) is 0 Å². The molecule has 0 aliphatic rings. The molecule has 0 aliphatic carbocycles. The molecule has 0 bridgehead atoms. The lowest BCUT2D eigenvalue weighted by Gasteiger charge is -2.20. The Hall–Kier alpha value is -2.07. The van der Waals surface area contributed by atoms with Crippen LogP contribution in [0.25, 0.3) is 0 Å². The van der Waals surface area contributed by atoms with E-state index in [2.05, 4.69) is 0 Å². The molecule has 2 N–H and O–H groups in total. The summed E-state index contributed by atoms with van der Waals surface area (Å²) in [4.78, 5) is 19.5. The van der Waals surface area contributed by atoms with Crippen molar-refractivity contribution in [1.82, 2.24) is 4.72 Å². The average Bonchev–Trinajstić information content (AvgIpc) is 2.27. The zero-order chi connectivity index (χ0) is 15.7. The van der Waals surface area contributed by atoms with Crippen LogP contribution < -0.4 is 4.72 Å². The summed E-state index contributed by atoms with van der Waals surface area (Å²) in [6, 6.07) is 1.95. The van der Waals surface area contributed by atoms with E-state index in [1.54, 1.807) is 4.72 Å². The molecule has 0 heterocycles. The normalized spacial score (nSPS) is 12.2. The number of carboxylic acid groups (broad SMARTS) is 1. The van der Waals surface area contributed by atoms with Crippen molar-refractivity contribution in [2.75, 3.05) is 0 Å². The molecule has 20 heavy (non-hydrogen) atoms. The lowest BCUT2D eigenvalue weighted by Crippen LogP contribution is -2.49. The number of carboxylic acids is 1. The molecule has 0 atom stereocenters. The van der Waals surface area contributed by atoms with Gasteiger partial charge in [0.05, 0.1) is 4.92 Å². The number of nitrogens with zero attached hydrogens (tertiary/aromatic N) is 1. The Balaban J connectivity index is 3.32. The molecule has 0 saturated carbocycles. The predicted octanol–water partition coefficient (Wildman–Crippen LogP) is 0.875. The number of aliphatic carboxylic acids is 1. The third kappa shape index (κ3) is 3.27. The van der Waals surface area contributed by atoms with Crippen molar-refractivity contribution in [2.24, 2.45) is 0 Å². The molecule has 0 fully saturated rings. The van der Waals surface area contributed by atoms with Crippen LogP contribution in [-0.4, -0.2) is 30.0 Å². The minimum absolute atomic E-state index is 0.523. The second-order valence-corrected chi connectivity index (χ2v) is 6.06. The number of halogens is 1. The van der Waals surface area contributed by atoms with Crippen LogP contribution in [0.1, 0.15) is 13.8 Å². The van der Waals surface area contributed by atoms with Gasteiger partial charge in [-0.1, -0.05) is 0 Å². The maximum atomic E-state index is 13.5. The number of hydrogen-bond acceptors (Lipinski definition) is 5. The van der Waals surface area contributed by atoms with Crippen LogP contribution in [-0.2, 0) is 14.8 Å². The summed E-state index contributed by atoms with van der Waals surface area (Å²) in [6.07, 6.45) is 0. The predicted molar refractivity (Wildman–Crippen MR) is 65.1 cm³/mol. The Labute approximate surface area is 113 Å². The lowest BCUT2D eigenvalue weighted by molar-refractivity contribution is -0.385. The Morgan fingerprint density at radius 1 is 1.45 bits per heavy atom. The van der Waals surface area contributed by atoms with Gasteiger partial charge >= 0.3 is 5.97 Å². The molecule has 1 rings (SSSR count). The summed E-state index contributed by atoms with van der Waals surface area (Å²) in [5.41, 5.74) is -2.52. The number of hydrogen-bond donors (Lipinski definition) is 2. The molecule has 10 heteroatoms. The van der Waals surface area contributed by atoms with Crippen LogP contribution in [0, 0.1) is 15.9 Å². The summed E-state index contributed by atoms with van der Waals surface area (Å²) in [5, 5.41) is 19.4. The molecular formula is C10H11FN2O6S. The van der Waals surface area contributed by atoms with Gasteiger partial charge in [0.1, 0.15) is 16.3 Å². The van der Waals surface area contributed by atoms with Crippen molar-refractivity contribution in [1.29, 1.82) is 0 Å². The number of nitro benzene ring substituents is 1. The zero-order valence-corrected chi connectivity index (χ0v) is 11.3. The number of benzene rings is 1. The van der Waals surface area contributed by atoms with Gasteiger partial charge < -0.3 is 5.11 Å². The van der Waals surface area contributed by atoms with E-state index in [1.807, 2.05) is 0 Å². The van der Waals surface area contributed by atoms with E-state index in [-0.39, 0.29) is 0 Å². The molecule has 110 valence electrons. The fourth-order valence-electron chi connectivity index (χ4n) is 1.25. The van der Waals surface area contributed by atoms with Crippen molar-refractivity contribution in [2.45, 2.75) is 24.3 Å². The fourth-order valence-corrected chi connectivity index (χ4v) is 2.72. The number of rotatable bonds is 5. The molecule has 1 aromatic carbocycles. The van der Waals surface area contributed by atoms with E-state index in [9.17, 15) is 27.7 Å². The summed E-state index contributed by atoms with van der Waals surface area (Å²) >= 11 is 0. The highest BCUT2D eigenvalue weighted by Gasteiger charge is 2.34. The van der Waals surface area contributed by atoms with Crippen molar-refractivity contribution < 1.29 is 27.6 Å². The summed E-state index contributed by atoms with van der Waals surface area (Å²) in [7, 11) is -4.56. The van der Waals surface area contributed by atoms with Gasteiger partial charge in [0.2, 0.25) is 10.0 Å². The van der Waals surface area contributed by atoms with Crippen LogP contribution in [0.3, 0.4) is 0 Å². The van der Waals surface area contributed by atoms with Crippen LogP contribution in [0.5, 0.6) is 0 Å². The Morgan fingerprint density at radius 2 is 2.00 bits per heavy atom. The molecule has 0 aromatic heterocycles. The highest BCUT2D eigenvalue weighted by molar-refractivity contribution is 7.89. The minimum atomic E-state index is -4.56. The summed E-state index contributed by atoms with van der Waals surface area (Å²) in [6.45, 7) is 2.12. The fraction of sp³-hybridized carbons (Fsp3) is 0.300. The Kier molecular flexibility index (Phi) is 4.10. The van der Waals surface area contributed by atoms with Gasteiger partial charge in [0.15, 0.2) is 0 Å². The SMILES string of the molecule is CC(C)(NS(=O)(=O)c1cc([N+](=O)[O-])ccc1F)C(=O)O. The summed E-state index contributed by atoms with van der Waals surface area (Å²) in [5.74, 6) is -2.70. The largest absolute Gasteiger partial charge is 0.480 e. The maximum absolute atomic E-state index is 13.5. The molecular weight excluding hydrogens is 295 g/mol. The first-order valence-corrected chi connectivity index (χ1v) is 6.67. The standard InChI is InChI=1S/C10H11FN2O6S/c1-10(2,9(14)15)12-20(18,19)8-5-6(13(16)17)3-4-7(8)11/h3-5,12H,1-2H3,(H,14,15). The second-order valence-electron chi connectivity index (χ2n) is 4.41. The van der Waals surface area contributed by atoms with Gasteiger partial charge in [0, 0.05) is 12.1 Å². The zero-order valence-electron chi connectivity index (χ0n) is 10.5. The van der Waals surface area contributed by atoms with Crippen molar-refractivity contribution in [3.05, 3.63) is 34.1 Å². The first-order chi connectivity index (χ1) is 8.97. The monoisotopic (exact) mass is 306 g/mol. The molecule has 0 radical (unpaired) electrons. The third-order valence-corrected chi connectivity index (χ3v) is 4.01. The van der Waals surface area contributed by atoms with Gasteiger partial charge in [-0.2, -0.15) is 4.72 Å². The van der Waals surface area contributed by atoms with Crippen LogP contribution in [0.4, 0.5) is 10.1 Å². The van der Waals surface area contributed by atoms with E-state index in [4.69, 9.17) is 5.11 Å². The number of nitrogens with one attached hydrogen (secondary N) is 1. The molecule has 0 amide bonds. The Bertz CT molecular complexity index is 670.